The van der Waals surface area contributed by atoms with Gasteiger partial charge in [-0.3, -0.25) is 4.79 Å². The van der Waals surface area contributed by atoms with Crippen LogP contribution in [-0.4, -0.2) is 12.1 Å². The molecule has 0 saturated heterocycles. The molecule has 0 unspecified atom stereocenters. The highest BCUT2D eigenvalue weighted by Gasteiger charge is 2.38. The van der Waals surface area contributed by atoms with Crippen LogP contribution in [0.1, 0.15) is 0 Å². The van der Waals surface area contributed by atoms with Crippen molar-refractivity contribution >= 4 is 34.2 Å². The summed E-state index contributed by atoms with van der Waals surface area (Å²) in [6.07, 6.45) is -4.98. The Bertz CT molecular complexity index is 391. The number of hydrogen-bond donors (Lipinski definition) is 1. The van der Waals surface area contributed by atoms with Crippen LogP contribution in [0.2, 0.25) is 0 Å². The molecule has 0 fully saturated rings. The second-order valence-electron chi connectivity index (χ2n) is 2.55. The Balaban J connectivity index is 2.91. The Morgan fingerprint density at radius 1 is 1.33 bits per heavy atom. The number of rotatable bonds is 1. The Morgan fingerprint density at radius 3 is 2.47 bits per heavy atom. The number of nitrogens with one attached hydrogen (secondary N) is 1. The van der Waals surface area contributed by atoms with Gasteiger partial charge in [-0.05, 0) is 34.7 Å². The minimum Gasteiger partial charge on any atom is -0.317 e. The molecule has 0 saturated carbocycles. The number of amides is 1. The molecule has 1 aromatic rings. The number of carbonyl (C=O) groups is 1. The first kappa shape index (κ1) is 12.2. The monoisotopic (exact) mass is 333 g/mol. The number of benzene rings is 1. The second-order valence-corrected chi connectivity index (χ2v) is 3.63. The highest BCUT2D eigenvalue weighted by atomic mass is 127. The highest BCUT2D eigenvalue weighted by Crippen LogP contribution is 2.23. The summed E-state index contributed by atoms with van der Waals surface area (Å²) in [7, 11) is 0. The van der Waals surface area contributed by atoms with Gasteiger partial charge in [-0.1, -0.05) is 6.07 Å². The summed E-state index contributed by atoms with van der Waals surface area (Å²) in [6, 6.07) is 3.49. The van der Waals surface area contributed by atoms with E-state index in [-0.39, 0.29) is 9.26 Å². The van der Waals surface area contributed by atoms with Crippen molar-refractivity contribution in [2.75, 3.05) is 5.32 Å². The van der Waals surface area contributed by atoms with E-state index in [1.807, 2.05) is 0 Å². The van der Waals surface area contributed by atoms with Crippen LogP contribution in [0.5, 0.6) is 0 Å². The van der Waals surface area contributed by atoms with E-state index in [0.717, 1.165) is 6.07 Å². The Labute approximate surface area is 95.8 Å². The average Bonchev–Trinajstić information content (AvgIpc) is 2.11. The third-order valence-corrected chi connectivity index (χ3v) is 2.55. The third kappa shape index (κ3) is 3.05. The van der Waals surface area contributed by atoms with E-state index in [9.17, 15) is 22.4 Å². The molecule has 1 N–H and O–H groups in total. The quantitative estimate of drug-likeness (QED) is 0.621. The molecule has 1 aromatic carbocycles. The Morgan fingerprint density at radius 2 is 1.93 bits per heavy atom. The van der Waals surface area contributed by atoms with Crippen molar-refractivity contribution in [1.82, 2.24) is 0 Å². The van der Waals surface area contributed by atoms with Crippen molar-refractivity contribution in [3.63, 3.8) is 0 Å². The summed E-state index contributed by atoms with van der Waals surface area (Å²) in [5, 5.41) is 1.58. The topological polar surface area (TPSA) is 29.1 Å². The van der Waals surface area contributed by atoms with E-state index in [1.165, 1.54) is 34.7 Å². The van der Waals surface area contributed by atoms with Gasteiger partial charge in [0.25, 0.3) is 0 Å². The van der Waals surface area contributed by atoms with Crippen molar-refractivity contribution in [1.29, 1.82) is 0 Å². The van der Waals surface area contributed by atoms with Crippen LogP contribution in [0.25, 0.3) is 0 Å². The SMILES string of the molecule is O=C(Nc1cccc(F)c1I)C(F)(F)F. The van der Waals surface area contributed by atoms with Crippen LogP contribution in [0, 0.1) is 9.39 Å². The van der Waals surface area contributed by atoms with Crippen molar-refractivity contribution in [2.24, 2.45) is 0 Å². The van der Waals surface area contributed by atoms with Gasteiger partial charge in [0.05, 0.1) is 9.26 Å². The van der Waals surface area contributed by atoms with Gasteiger partial charge in [-0.15, -0.1) is 0 Å². The smallest absolute Gasteiger partial charge is 0.317 e. The van der Waals surface area contributed by atoms with Crippen molar-refractivity contribution < 1.29 is 22.4 Å². The predicted molar refractivity (Wildman–Crippen MR) is 53.8 cm³/mol. The van der Waals surface area contributed by atoms with Crippen molar-refractivity contribution in [2.45, 2.75) is 6.18 Å². The number of alkyl halides is 3. The van der Waals surface area contributed by atoms with Gasteiger partial charge in [0, 0.05) is 0 Å². The van der Waals surface area contributed by atoms with Crippen LogP contribution in [0.15, 0.2) is 18.2 Å². The van der Waals surface area contributed by atoms with E-state index in [2.05, 4.69) is 0 Å². The van der Waals surface area contributed by atoms with E-state index in [4.69, 9.17) is 0 Å². The van der Waals surface area contributed by atoms with Gasteiger partial charge in [0.1, 0.15) is 5.82 Å². The van der Waals surface area contributed by atoms with Gasteiger partial charge < -0.3 is 5.32 Å². The molecule has 2 nitrogen and oxygen atoms in total. The van der Waals surface area contributed by atoms with E-state index >= 15 is 0 Å². The lowest BCUT2D eigenvalue weighted by Gasteiger charge is -2.09. The fourth-order valence-corrected chi connectivity index (χ4v) is 1.29. The lowest BCUT2D eigenvalue weighted by Crippen LogP contribution is -2.30. The van der Waals surface area contributed by atoms with Crippen molar-refractivity contribution in [3.05, 3.63) is 27.6 Å². The molecule has 0 aliphatic carbocycles. The normalized spacial score (nSPS) is 11.3. The zero-order valence-electron chi connectivity index (χ0n) is 7.03. The van der Waals surface area contributed by atoms with Gasteiger partial charge in [-0.2, -0.15) is 13.2 Å². The summed E-state index contributed by atoms with van der Waals surface area (Å²) in [4.78, 5) is 10.5. The minimum absolute atomic E-state index is 0.0623. The molecule has 0 bridgehead atoms. The molecule has 0 aliphatic rings. The Kier molecular flexibility index (Phi) is 3.53. The van der Waals surface area contributed by atoms with Gasteiger partial charge >= 0.3 is 12.1 Å². The number of halogens is 5. The highest BCUT2D eigenvalue weighted by molar-refractivity contribution is 14.1. The van der Waals surface area contributed by atoms with Crippen LogP contribution in [0.4, 0.5) is 23.2 Å². The maximum Gasteiger partial charge on any atom is 0.471 e. The standard InChI is InChI=1S/C8H4F4INO/c9-4-2-1-3-5(6(4)13)14-7(15)8(10,11)12/h1-3H,(H,14,15). The molecule has 15 heavy (non-hydrogen) atoms. The van der Waals surface area contributed by atoms with Crippen molar-refractivity contribution in [3.8, 4) is 0 Å². The molecule has 0 heterocycles. The number of anilines is 1. The fraction of sp³-hybridized carbons (Fsp3) is 0.125. The molecule has 0 atom stereocenters. The third-order valence-electron chi connectivity index (χ3n) is 1.46. The summed E-state index contributed by atoms with van der Waals surface area (Å²) in [6.45, 7) is 0. The van der Waals surface area contributed by atoms with E-state index in [0.29, 0.717) is 0 Å². The largest absolute Gasteiger partial charge is 0.471 e. The lowest BCUT2D eigenvalue weighted by atomic mass is 10.3. The average molecular weight is 333 g/mol. The molecule has 1 rings (SSSR count). The molecule has 0 aliphatic heterocycles. The summed E-state index contributed by atoms with van der Waals surface area (Å²) in [5.74, 6) is -2.80. The summed E-state index contributed by atoms with van der Waals surface area (Å²) >= 11 is 1.51. The molecule has 0 spiro atoms. The summed E-state index contributed by atoms with van der Waals surface area (Å²) < 4.78 is 48.4. The van der Waals surface area contributed by atoms with Gasteiger partial charge in [0.2, 0.25) is 0 Å². The molecule has 1 amide bonds. The first-order valence-corrected chi connectivity index (χ1v) is 4.72. The zero-order valence-corrected chi connectivity index (χ0v) is 9.19. The molecular weight excluding hydrogens is 329 g/mol. The van der Waals surface area contributed by atoms with Gasteiger partial charge in [-0.25, -0.2) is 4.39 Å². The molecular formula is C8H4F4INO. The molecule has 0 radical (unpaired) electrons. The van der Waals surface area contributed by atoms with Crippen LogP contribution in [-0.2, 0) is 4.79 Å². The molecule has 82 valence electrons. The van der Waals surface area contributed by atoms with Gasteiger partial charge in [0.15, 0.2) is 0 Å². The first-order chi connectivity index (χ1) is 6.82. The maximum atomic E-state index is 12.9. The number of hydrogen-bond acceptors (Lipinski definition) is 1. The van der Waals surface area contributed by atoms with Crippen LogP contribution in [0.3, 0.4) is 0 Å². The zero-order chi connectivity index (χ0) is 11.6. The molecule has 0 aromatic heterocycles. The lowest BCUT2D eigenvalue weighted by molar-refractivity contribution is -0.167. The van der Waals surface area contributed by atoms with Crippen LogP contribution >= 0.6 is 22.6 Å². The first-order valence-electron chi connectivity index (χ1n) is 3.64. The predicted octanol–water partition coefficient (Wildman–Crippen LogP) is 2.93. The number of carbonyl (C=O) groups excluding carboxylic acids is 1. The minimum atomic E-state index is -4.98. The van der Waals surface area contributed by atoms with Crippen LogP contribution < -0.4 is 5.32 Å². The molecule has 7 heteroatoms. The fourth-order valence-electron chi connectivity index (χ4n) is 0.794. The summed E-state index contributed by atoms with van der Waals surface area (Å²) in [5.41, 5.74) is -0.196. The maximum absolute atomic E-state index is 12.9. The van der Waals surface area contributed by atoms with E-state index in [1.54, 1.807) is 5.32 Å². The van der Waals surface area contributed by atoms with E-state index < -0.39 is 17.9 Å². The Hall–Kier alpha value is -0.860. The second kappa shape index (κ2) is 4.33.